The summed E-state index contributed by atoms with van der Waals surface area (Å²) in [5.41, 5.74) is 4.08. The van der Waals surface area contributed by atoms with E-state index < -0.39 is 0 Å². The van der Waals surface area contributed by atoms with E-state index >= 15 is 0 Å². The molecule has 0 radical (unpaired) electrons. The predicted octanol–water partition coefficient (Wildman–Crippen LogP) is 3.67. The van der Waals surface area contributed by atoms with Crippen LogP contribution in [0.25, 0.3) is 0 Å². The van der Waals surface area contributed by atoms with Crippen molar-refractivity contribution >= 4 is 0 Å². The van der Waals surface area contributed by atoms with Crippen LogP contribution in [0, 0.1) is 6.92 Å². The Hall–Kier alpha value is -1.80. The highest BCUT2D eigenvalue weighted by molar-refractivity contribution is 5.49. The van der Waals surface area contributed by atoms with E-state index in [4.69, 9.17) is 4.74 Å². The van der Waals surface area contributed by atoms with Gasteiger partial charge in [0.25, 0.3) is 0 Å². The zero-order valence-corrected chi connectivity index (χ0v) is 12.9. The third kappa shape index (κ3) is 2.56. The van der Waals surface area contributed by atoms with Crippen molar-refractivity contribution in [3.05, 3.63) is 65.2 Å². The number of methoxy groups -OCH3 is 1. The first-order valence-corrected chi connectivity index (χ1v) is 7.68. The molecule has 0 unspecified atom stereocenters. The lowest BCUT2D eigenvalue weighted by atomic mass is 9.68. The molecule has 1 aliphatic rings. The minimum atomic E-state index is 0.0594. The summed E-state index contributed by atoms with van der Waals surface area (Å²) in [4.78, 5) is 0. The lowest BCUT2D eigenvalue weighted by Crippen LogP contribution is -2.41. The zero-order chi connectivity index (χ0) is 14.7. The second-order valence-corrected chi connectivity index (χ2v) is 5.90. The van der Waals surface area contributed by atoms with Crippen LogP contribution >= 0.6 is 0 Å². The van der Waals surface area contributed by atoms with Gasteiger partial charge in [-0.1, -0.05) is 48.0 Å². The second-order valence-electron chi connectivity index (χ2n) is 5.90. The van der Waals surface area contributed by atoms with Crippen LogP contribution in [0.1, 0.15) is 29.5 Å². The highest BCUT2D eigenvalue weighted by atomic mass is 16.5. The van der Waals surface area contributed by atoms with E-state index in [1.165, 1.54) is 16.7 Å². The monoisotopic (exact) mass is 281 g/mol. The number of ether oxygens (including phenoxy) is 1. The van der Waals surface area contributed by atoms with Crippen LogP contribution in [-0.2, 0) is 5.41 Å². The molecule has 110 valence electrons. The summed E-state index contributed by atoms with van der Waals surface area (Å²) in [7, 11) is 1.77. The highest BCUT2D eigenvalue weighted by Gasteiger charge is 2.37. The topological polar surface area (TPSA) is 21.3 Å². The third-order valence-corrected chi connectivity index (χ3v) is 4.65. The molecule has 2 aromatic rings. The van der Waals surface area contributed by atoms with Crippen molar-refractivity contribution in [2.45, 2.75) is 25.2 Å². The fourth-order valence-corrected chi connectivity index (χ4v) is 3.52. The van der Waals surface area contributed by atoms with Crippen molar-refractivity contribution in [1.82, 2.24) is 5.32 Å². The Morgan fingerprint density at radius 2 is 1.71 bits per heavy atom. The predicted molar refractivity (Wildman–Crippen MR) is 87.1 cm³/mol. The van der Waals surface area contributed by atoms with Gasteiger partial charge >= 0.3 is 0 Å². The molecule has 1 heterocycles. The van der Waals surface area contributed by atoms with Gasteiger partial charge in [0.1, 0.15) is 5.75 Å². The van der Waals surface area contributed by atoms with Crippen molar-refractivity contribution in [3.8, 4) is 5.75 Å². The molecular formula is C19H23NO. The van der Waals surface area contributed by atoms with E-state index in [0.29, 0.717) is 0 Å². The molecule has 2 nitrogen and oxygen atoms in total. The molecule has 2 heteroatoms. The van der Waals surface area contributed by atoms with Gasteiger partial charge in [0.2, 0.25) is 0 Å². The Balaban J connectivity index is 2.19. The summed E-state index contributed by atoms with van der Waals surface area (Å²) in [6, 6.07) is 17.4. The van der Waals surface area contributed by atoms with Crippen molar-refractivity contribution in [2.75, 3.05) is 20.2 Å². The summed E-state index contributed by atoms with van der Waals surface area (Å²) in [6.07, 6.45) is 2.22. The Morgan fingerprint density at radius 1 is 1.00 bits per heavy atom. The smallest absolute Gasteiger partial charge is 0.122 e. The van der Waals surface area contributed by atoms with Crippen molar-refractivity contribution < 1.29 is 4.74 Å². The van der Waals surface area contributed by atoms with Crippen LogP contribution in [0.2, 0.25) is 0 Å². The standard InChI is InChI=1S/C19H23NO/c1-15-8-9-18(21-2)17(14-15)19(10-12-20-13-11-19)16-6-4-3-5-7-16/h3-9,14,20H,10-13H2,1-2H3. The maximum Gasteiger partial charge on any atom is 0.122 e. The minimum Gasteiger partial charge on any atom is -0.496 e. The molecule has 0 bridgehead atoms. The number of nitrogens with one attached hydrogen (secondary N) is 1. The molecule has 0 amide bonds. The number of hydrogen-bond donors (Lipinski definition) is 1. The Labute approximate surface area is 127 Å². The van der Waals surface area contributed by atoms with Gasteiger partial charge in [-0.15, -0.1) is 0 Å². The Bertz CT molecular complexity index is 600. The molecule has 2 aromatic carbocycles. The maximum atomic E-state index is 5.68. The van der Waals surface area contributed by atoms with Gasteiger partial charge < -0.3 is 10.1 Å². The molecule has 1 N–H and O–H groups in total. The lowest BCUT2D eigenvalue weighted by Gasteiger charge is -2.39. The first kappa shape index (κ1) is 14.2. The van der Waals surface area contributed by atoms with E-state index in [0.717, 1.165) is 31.7 Å². The van der Waals surface area contributed by atoms with Crippen LogP contribution < -0.4 is 10.1 Å². The average Bonchev–Trinajstić information content (AvgIpc) is 2.56. The van der Waals surface area contributed by atoms with Crippen LogP contribution in [0.15, 0.2) is 48.5 Å². The Morgan fingerprint density at radius 3 is 2.38 bits per heavy atom. The van der Waals surface area contributed by atoms with Gasteiger partial charge in [-0.05, 0) is 44.5 Å². The first-order valence-electron chi connectivity index (χ1n) is 7.68. The summed E-state index contributed by atoms with van der Waals surface area (Å²) >= 11 is 0. The summed E-state index contributed by atoms with van der Waals surface area (Å²) < 4.78 is 5.68. The molecule has 0 aromatic heterocycles. The van der Waals surface area contributed by atoms with Crippen LogP contribution in [0.3, 0.4) is 0 Å². The minimum absolute atomic E-state index is 0.0594. The van der Waals surface area contributed by atoms with E-state index in [2.05, 4.69) is 60.8 Å². The number of benzene rings is 2. The van der Waals surface area contributed by atoms with Crippen molar-refractivity contribution in [2.24, 2.45) is 0 Å². The fraction of sp³-hybridized carbons (Fsp3) is 0.368. The van der Waals surface area contributed by atoms with Gasteiger partial charge in [0, 0.05) is 11.0 Å². The van der Waals surface area contributed by atoms with E-state index in [9.17, 15) is 0 Å². The maximum absolute atomic E-state index is 5.68. The number of hydrogen-bond acceptors (Lipinski definition) is 2. The van der Waals surface area contributed by atoms with Gasteiger partial charge in [0.05, 0.1) is 7.11 Å². The molecule has 1 saturated heterocycles. The summed E-state index contributed by atoms with van der Waals surface area (Å²) in [6.45, 7) is 4.25. The fourth-order valence-electron chi connectivity index (χ4n) is 3.52. The van der Waals surface area contributed by atoms with Crippen molar-refractivity contribution in [1.29, 1.82) is 0 Å². The van der Waals surface area contributed by atoms with Gasteiger partial charge in [-0.25, -0.2) is 0 Å². The molecule has 0 atom stereocenters. The number of rotatable bonds is 3. The first-order chi connectivity index (χ1) is 10.3. The Kier molecular flexibility index (Phi) is 3.98. The van der Waals surface area contributed by atoms with E-state index in [-0.39, 0.29) is 5.41 Å². The van der Waals surface area contributed by atoms with Gasteiger partial charge in [0.15, 0.2) is 0 Å². The highest BCUT2D eigenvalue weighted by Crippen LogP contribution is 2.44. The molecule has 0 spiro atoms. The summed E-state index contributed by atoms with van der Waals surface area (Å²) in [5.74, 6) is 1.01. The molecule has 0 aliphatic carbocycles. The van der Waals surface area contributed by atoms with Crippen LogP contribution in [-0.4, -0.2) is 20.2 Å². The van der Waals surface area contributed by atoms with Crippen molar-refractivity contribution in [3.63, 3.8) is 0 Å². The lowest BCUT2D eigenvalue weighted by molar-refractivity contribution is 0.338. The van der Waals surface area contributed by atoms with Crippen LogP contribution in [0.5, 0.6) is 5.75 Å². The SMILES string of the molecule is COc1ccc(C)cc1C1(c2ccccc2)CCNCC1. The van der Waals surface area contributed by atoms with Crippen LogP contribution in [0.4, 0.5) is 0 Å². The van der Waals surface area contributed by atoms with E-state index in [1.54, 1.807) is 7.11 Å². The molecule has 1 aliphatic heterocycles. The molecule has 3 rings (SSSR count). The number of piperidine rings is 1. The normalized spacial score (nSPS) is 17.4. The molecular weight excluding hydrogens is 258 g/mol. The average molecular weight is 281 g/mol. The van der Waals surface area contributed by atoms with Gasteiger partial charge in [-0.3, -0.25) is 0 Å². The third-order valence-electron chi connectivity index (χ3n) is 4.65. The molecule has 21 heavy (non-hydrogen) atoms. The molecule has 0 saturated carbocycles. The number of aryl methyl sites for hydroxylation is 1. The molecule has 1 fully saturated rings. The van der Waals surface area contributed by atoms with E-state index in [1.807, 2.05) is 0 Å². The largest absolute Gasteiger partial charge is 0.496 e. The summed E-state index contributed by atoms with van der Waals surface area (Å²) in [5, 5.41) is 3.49. The zero-order valence-electron chi connectivity index (χ0n) is 12.9. The quantitative estimate of drug-likeness (QED) is 0.927. The van der Waals surface area contributed by atoms with Gasteiger partial charge in [-0.2, -0.15) is 0 Å². The second kappa shape index (κ2) is 5.90.